The number of carbonyl (C=O) groups excluding carboxylic acids is 2. The van der Waals surface area contributed by atoms with Gasteiger partial charge in [-0.3, -0.25) is 4.79 Å². The fraction of sp³-hybridized carbons (Fsp3) is 0.462. The zero-order chi connectivity index (χ0) is 15.2. The molecule has 0 unspecified atom stereocenters. The van der Waals surface area contributed by atoms with Gasteiger partial charge in [-0.15, -0.1) is 0 Å². The van der Waals surface area contributed by atoms with Gasteiger partial charge in [-0.05, 0) is 39.8 Å². The monoisotopic (exact) mass is 281 g/mol. The number of hydrazone groups is 1. The van der Waals surface area contributed by atoms with Gasteiger partial charge in [-0.25, -0.2) is 10.2 Å². The van der Waals surface area contributed by atoms with Crippen LogP contribution in [0.2, 0.25) is 0 Å². The Morgan fingerprint density at radius 1 is 1.45 bits per heavy atom. The molecule has 110 valence electrons. The lowest BCUT2D eigenvalue weighted by molar-refractivity contribution is -0.122. The third-order valence-electron chi connectivity index (χ3n) is 2.04. The van der Waals surface area contributed by atoms with Crippen molar-refractivity contribution >= 4 is 18.2 Å². The van der Waals surface area contributed by atoms with E-state index in [0.717, 1.165) is 0 Å². The smallest absolute Gasteiger partial charge is 0.408 e. The Kier molecular flexibility index (Phi) is 5.31. The number of furan rings is 1. The summed E-state index contributed by atoms with van der Waals surface area (Å²) in [6.45, 7) is 6.75. The third kappa shape index (κ3) is 6.03. The van der Waals surface area contributed by atoms with E-state index in [0.29, 0.717) is 5.76 Å². The molecule has 0 saturated heterocycles. The summed E-state index contributed by atoms with van der Waals surface area (Å²) in [5.41, 5.74) is 1.68. The molecule has 0 aliphatic rings. The summed E-state index contributed by atoms with van der Waals surface area (Å²) in [6, 6.07) is 2.63. The second-order valence-electron chi connectivity index (χ2n) is 5.12. The van der Waals surface area contributed by atoms with Crippen LogP contribution in [-0.4, -0.2) is 29.9 Å². The Morgan fingerprint density at radius 3 is 2.70 bits per heavy atom. The van der Waals surface area contributed by atoms with Gasteiger partial charge in [0.25, 0.3) is 5.91 Å². The quantitative estimate of drug-likeness (QED) is 0.648. The number of carbonyl (C=O) groups is 2. The summed E-state index contributed by atoms with van der Waals surface area (Å²) in [7, 11) is 0. The van der Waals surface area contributed by atoms with Gasteiger partial charge in [0.2, 0.25) is 0 Å². The van der Waals surface area contributed by atoms with Crippen LogP contribution in [0.25, 0.3) is 0 Å². The number of ether oxygens (including phenoxy) is 1. The van der Waals surface area contributed by atoms with Crippen molar-refractivity contribution in [3.05, 3.63) is 24.2 Å². The molecule has 7 heteroatoms. The van der Waals surface area contributed by atoms with Gasteiger partial charge in [-0.2, -0.15) is 5.10 Å². The molecule has 0 bridgehead atoms. The second kappa shape index (κ2) is 6.74. The maximum absolute atomic E-state index is 11.6. The molecule has 0 fully saturated rings. The molecule has 20 heavy (non-hydrogen) atoms. The number of hydrogen-bond acceptors (Lipinski definition) is 5. The first kappa shape index (κ1) is 15.7. The van der Waals surface area contributed by atoms with Crippen molar-refractivity contribution in [2.24, 2.45) is 5.10 Å². The standard InChI is InChI=1S/C13H19N3O4/c1-9(15-12(18)20-13(2,3)4)11(17)16-14-8-10-6-5-7-19-10/h5-9H,1-4H3,(H,15,18)(H,16,17)/b14-8+/t9-/m0/s1. The number of nitrogens with one attached hydrogen (secondary N) is 2. The van der Waals surface area contributed by atoms with E-state index in [1.54, 1.807) is 32.9 Å². The fourth-order valence-corrected chi connectivity index (χ4v) is 1.17. The highest BCUT2D eigenvalue weighted by atomic mass is 16.6. The Labute approximate surface area is 117 Å². The molecule has 1 aromatic heterocycles. The molecule has 1 rings (SSSR count). The predicted molar refractivity (Wildman–Crippen MR) is 73.3 cm³/mol. The van der Waals surface area contributed by atoms with Gasteiger partial charge in [0.1, 0.15) is 17.4 Å². The molecule has 0 spiro atoms. The molecule has 0 saturated carbocycles. The molecule has 0 radical (unpaired) electrons. The van der Waals surface area contributed by atoms with Crippen LogP contribution in [-0.2, 0) is 9.53 Å². The normalized spacial score (nSPS) is 13.0. The van der Waals surface area contributed by atoms with Crippen LogP contribution in [0.15, 0.2) is 27.9 Å². The first-order valence-electron chi connectivity index (χ1n) is 6.14. The fourth-order valence-electron chi connectivity index (χ4n) is 1.17. The average molecular weight is 281 g/mol. The lowest BCUT2D eigenvalue weighted by atomic mass is 10.2. The molecule has 0 aliphatic heterocycles. The minimum Gasteiger partial charge on any atom is -0.463 e. The van der Waals surface area contributed by atoms with E-state index in [1.165, 1.54) is 19.4 Å². The first-order chi connectivity index (χ1) is 9.28. The van der Waals surface area contributed by atoms with Crippen molar-refractivity contribution in [2.75, 3.05) is 0 Å². The molecule has 0 aliphatic carbocycles. The lowest BCUT2D eigenvalue weighted by Crippen LogP contribution is -2.45. The van der Waals surface area contributed by atoms with Crippen molar-refractivity contribution in [1.29, 1.82) is 0 Å². The van der Waals surface area contributed by atoms with Crippen molar-refractivity contribution in [3.8, 4) is 0 Å². The van der Waals surface area contributed by atoms with E-state index in [1.807, 2.05) is 0 Å². The zero-order valence-corrected chi connectivity index (χ0v) is 12.0. The number of hydrogen-bond donors (Lipinski definition) is 2. The Morgan fingerprint density at radius 2 is 2.15 bits per heavy atom. The summed E-state index contributed by atoms with van der Waals surface area (Å²) in [5, 5.41) is 6.12. The molecule has 1 heterocycles. The topological polar surface area (TPSA) is 92.9 Å². The van der Waals surface area contributed by atoms with Gasteiger partial charge in [0.05, 0.1) is 12.5 Å². The second-order valence-corrected chi connectivity index (χ2v) is 5.12. The summed E-state index contributed by atoms with van der Waals surface area (Å²) >= 11 is 0. The number of nitrogens with zero attached hydrogens (tertiary/aromatic N) is 1. The van der Waals surface area contributed by atoms with E-state index < -0.39 is 23.6 Å². The highest BCUT2D eigenvalue weighted by molar-refractivity contribution is 5.86. The van der Waals surface area contributed by atoms with Crippen LogP contribution in [0, 0.1) is 0 Å². The van der Waals surface area contributed by atoms with Crippen LogP contribution in [0.3, 0.4) is 0 Å². The summed E-state index contributed by atoms with van der Waals surface area (Å²) in [4.78, 5) is 23.1. The van der Waals surface area contributed by atoms with Gasteiger partial charge < -0.3 is 14.5 Å². The minimum atomic E-state index is -0.765. The van der Waals surface area contributed by atoms with E-state index in [-0.39, 0.29) is 0 Å². The molecule has 2 amide bonds. The van der Waals surface area contributed by atoms with Crippen molar-refractivity contribution < 1.29 is 18.7 Å². The Bertz CT molecular complexity index is 474. The van der Waals surface area contributed by atoms with Gasteiger partial charge in [-0.1, -0.05) is 0 Å². The Hall–Kier alpha value is -2.31. The molecule has 7 nitrogen and oxygen atoms in total. The maximum atomic E-state index is 11.6. The van der Waals surface area contributed by atoms with Gasteiger partial charge >= 0.3 is 6.09 Å². The van der Waals surface area contributed by atoms with Crippen molar-refractivity contribution in [1.82, 2.24) is 10.7 Å². The SMILES string of the molecule is C[C@H](NC(=O)OC(C)(C)C)C(=O)N/N=C/c1ccco1. The largest absolute Gasteiger partial charge is 0.463 e. The highest BCUT2D eigenvalue weighted by Crippen LogP contribution is 2.06. The van der Waals surface area contributed by atoms with Crippen LogP contribution in [0.4, 0.5) is 4.79 Å². The van der Waals surface area contributed by atoms with Gasteiger partial charge in [0.15, 0.2) is 0 Å². The maximum Gasteiger partial charge on any atom is 0.408 e. The molecular weight excluding hydrogens is 262 g/mol. The van der Waals surface area contributed by atoms with E-state index in [4.69, 9.17) is 9.15 Å². The molecular formula is C13H19N3O4. The van der Waals surface area contributed by atoms with Crippen molar-refractivity contribution in [2.45, 2.75) is 39.3 Å². The molecule has 1 aromatic rings. The summed E-state index contributed by atoms with van der Waals surface area (Å²) < 4.78 is 10.0. The number of alkyl carbamates (subject to hydrolysis) is 1. The van der Waals surface area contributed by atoms with Crippen LogP contribution < -0.4 is 10.7 Å². The number of amides is 2. The Balaban J connectivity index is 2.37. The van der Waals surface area contributed by atoms with Crippen molar-refractivity contribution in [3.63, 3.8) is 0 Å². The van der Waals surface area contributed by atoms with E-state index in [2.05, 4.69) is 15.8 Å². The van der Waals surface area contributed by atoms with Gasteiger partial charge in [0, 0.05) is 0 Å². The highest BCUT2D eigenvalue weighted by Gasteiger charge is 2.20. The lowest BCUT2D eigenvalue weighted by Gasteiger charge is -2.21. The molecule has 1 atom stereocenters. The summed E-state index contributed by atoms with van der Waals surface area (Å²) in [5.74, 6) is 0.0525. The van der Waals surface area contributed by atoms with Crippen LogP contribution >= 0.6 is 0 Å². The van der Waals surface area contributed by atoms with E-state index in [9.17, 15) is 9.59 Å². The van der Waals surface area contributed by atoms with Crippen LogP contribution in [0.5, 0.6) is 0 Å². The minimum absolute atomic E-state index is 0.460. The molecule has 0 aromatic carbocycles. The number of rotatable bonds is 4. The van der Waals surface area contributed by atoms with E-state index >= 15 is 0 Å². The summed E-state index contributed by atoms with van der Waals surface area (Å²) in [6.07, 6.45) is 2.20. The predicted octanol–water partition coefficient (Wildman–Crippen LogP) is 1.64. The van der Waals surface area contributed by atoms with Crippen LogP contribution in [0.1, 0.15) is 33.5 Å². The average Bonchev–Trinajstić information content (AvgIpc) is 2.78. The zero-order valence-electron chi connectivity index (χ0n) is 12.0. The first-order valence-corrected chi connectivity index (χ1v) is 6.14. The third-order valence-corrected chi connectivity index (χ3v) is 2.04. The molecule has 2 N–H and O–H groups in total.